The van der Waals surface area contributed by atoms with Gasteiger partial charge in [0.2, 0.25) is 0 Å². The van der Waals surface area contributed by atoms with Gasteiger partial charge >= 0.3 is 7.60 Å². The van der Waals surface area contributed by atoms with E-state index in [9.17, 15) is 17.9 Å². The fourth-order valence-electron chi connectivity index (χ4n) is 0.901. The normalized spacial score (nSPS) is 15.9. The molecule has 0 saturated carbocycles. The molecule has 9 heteroatoms. The molecule has 0 fully saturated rings. The van der Waals surface area contributed by atoms with E-state index in [1.54, 1.807) is 18.4 Å². The number of sulfonamides is 1. The third kappa shape index (κ3) is 3.97. The van der Waals surface area contributed by atoms with Crippen molar-refractivity contribution in [2.24, 2.45) is 0 Å². The van der Waals surface area contributed by atoms with Gasteiger partial charge in [-0.05, 0) is 18.4 Å². The van der Waals surface area contributed by atoms with Gasteiger partial charge in [0.15, 0.2) is 0 Å². The van der Waals surface area contributed by atoms with Gasteiger partial charge in [-0.15, -0.1) is 11.3 Å². The zero-order valence-corrected chi connectivity index (χ0v) is 11.0. The van der Waals surface area contributed by atoms with Crippen LogP contribution in [0.4, 0.5) is 0 Å². The molecule has 1 unspecified atom stereocenters. The molecule has 6 nitrogen and oxygen atoms in total. The Morgan fingerprint density at radius 1 is 1.62 bits per heavy atom. The van der Waals surface area contributed by atoms with Crippen molar-refractivity contribution in [3.8, 4) is 0 Å². The van der Waals surface area contributed by atoms with Gasteiger partial charge in [-0.1, -0.05) is 6.07 Å². The summed E-state index contributed by atoms with van der Waals surface area (Å²) in [5.74, 6) is 0. The van der Waals surface area contributed by atoms with Gasteiger partial charge in [-0.3, -0.25) is 4.57 Å². The molecule has 16 heavy (non-hydrogen) atoms. The minimum Gasteiger partial charge on any atom is -0.323 e. The van der Waals surface area contributed by atoms with Crippen molar-refractivity contribution in [1.82, 2.24) is 4.72 Å². The molecule has 0 radical (unpaired) electrons. The Morgan fingerprint density at radius 2 is 2.31 bits per heavy atom. The molecule has 92 valence electrons. The van der Waals surface area contributed by atoms with Gasteiger partial charge in [0, 0.05) is 0 Å². The van der Waals surface area contributed by atoms with E-state index >= 15 is 0 Å². The Morgan fingerprint density at radius 3 is 2.81 bits per heavy atom. The van der Waals surface area contributed by atoms with E-state index in [1.807, 2.05) is 4.72 Å². The summed E-state index contributed by atoms with van der Waals surface area (Å²) in [6, 6.07) is 3.00. The highest BCUT2D eigenvalue weighted by molar-refractivity contribution is 7.91. The topological polar surface area (TPSA) is 92.7 Å². The van der Waals surface area contributed by atoms with E-state index in [1.165, 1.54) is 6.07 Å². The molecule has 1 aromatic rings. The maximum absolute atomic E-state index is 11.6. The van der Waals surface area contributed by atoms with Crippen LogP contribution >= 0.6 is 18.9 Å². The molecule has 0 aliphatic heterocycles. The maximum Gasteiger partial charge on any atom is 0.342 e. The van der Waals surface area contributed by atoms with Crippen LogP contribution in [0.25, 0.3) is 0 Å². The number of hydrogen-bond donors (Lipinski definition) is 2. The first kappa shape index (κ1) is 13.8. The molecular weight excluding hydrogens is 273 g/mol. The van der Waals surface area contributed by atoms with Gasteiger partial charge < -0.3 is 9.42 Å². The minimum absolute atomic E-state index is 0.0501. The van der Waals surface area contributed by atoms with Crippen LogP contribution in [0.2, 0.25) is 0 Å². The second-order valence-electron chi connectivity index (χ2n) is 2.79. The molecule has 0 spiro atoms. The van der Waals surface area contributed by atoms with Crippen LogP contribution < -0.4 is 4.72 Å². The van der Waals surface area contributed by atoms with E-state index in [-0.39, 0.29) is 10.8 Å². The van der Waals surface area contributed by atoms with E-state index in [0.717, 1.165) is 11.3 Å². The summed E-state index contributed by atoms with van der Waals surface area (Å²) in [7, 11) is -7.59. The summed E-state index contributed by atoms with van der Waals surface area (Å²) in [4.78, 5) is 9.19. The van der Waals surface area contributed by atoms with Crippen LogP contribution in [0.15, 0.2) is 21.7 Å². The Balaban J connectivity index is 2.66. The molecule has 2 N–H and O–H groups in total. The van der Waals surface area contributed by atoms with Crippen molar-refractivity contribution in [2.45, 2.75) is 11.1 Å². The zero-order chi connectivity index (χ0) is 12.2. The largest absolute Gasteiger partial charge is 0.342 e. The molecule has 0 aliphatic carbocycles. The molecule has 0 saturated heterocycles. The Hall–Kier alpha value is -0.240. The number of thiophene rings is 1. The third-order valence-corrected chi connectivity index (χ3v) is 5.78. The molecule has 1 heterocycles. The van der Waals surface area contributed by atoms with Crippen LogP contribution in [-0.2, 0) is 19.1 Å². The molecule has 0 amide bonds. The van der Waals surface area contributed by atoms with Crippen molar-refractivity contribution in [3.05, 3.63) is 17.5 Å². The van der Waals surface area contributed by atoms with Crippen molar-refractivity contribution in [3.63, 3.8) is 0 Å². The number of nitrogens with one attached hydrogen (secondary N) is 1. The first-order valence-corrected chi connectivity index (χ1v) is 8.49. The van der Waals surface area contributed by atoms with Gasteiger partial charge in [-0.25, -0.2) is 8.42 Å². The summed E-state index contributed by atoms with van der Waals surface area (Å²) < 4.78 is 41.0. The Labute approximate surface area is 97.8 Å². The first-order chi connectivity index (χ1) is 7.37. The first-order valence-electron chi connectivity index (χ1n) is 4.37. The predicted molar refractivity (Wildman–Crippen MR) is 61.0 cm³/mol. The van der Waals surface area contributed by atoms with Crippen molar-refractivity contribution >= 4 is 29.0 Å². The van der Waals surface area contributed by atoms with Crippen molar-refractivity contribution in [2.75, 3.05) is 12.9 Å². The predicted octanol–water partition coefficient (Wildman–Crippen LogP) is 1.21. The van der Waals surface area contributed by atoms with E-state index in [4.69, 9.17) is 0 Å². The highest BCUT2D eigenvalue weighted by Crippen LogP contribution is 2.40. The van der Waals surface area contributed by atoms with Crippen molar-refractivity contribution < 1.29 is 22.4 Å². The summed E-state index contributed by atoms with van der Waals surface area (Å²) in [6.07, 6.45) is -0.624. The van der Waals surface area contributed by atoms with Crippen LogP contribution in [0.5, 0.6) is 0 Å². The van der Waals surface area contributed by atoms with Crippen LogP contribution in [0.1, 0.15) is 6.92 Å². The fraction of sp³-hybridized carbons (Fsp3) is 0.429. The van der Waals surface area contributed by atoms with Gasteiger partial charge in [-0.2, -0.15) is 4.72 Å². The average Bonchev–Trinajstić information content (AvgIpc) is 2.68. The minimum atomic E-state index is -3.88. The lowest BCUT2D eigenvalue weighted by Gasteiger charge is -2.11. The number of rotatable bonds is 6. The SMILES string of the molecule is CCOP(=O)(O)CNS(=O)(=O)c1cccs1. The molecule has 0 aliphatic rings. The summed E-state index contributed by atoms with van der Waals surface area (Å²) >= 11 is 1.03. The third-order valence-electron chi connectivity index (χ3n) is 1.55. The summed E-state index contributed by atoms with van der Waals surface area (Å²) in [5.41, 5.74) is 0. The standard InChI is InChI=1S/C7H12NO5PS2/c1-2-13-14(9,10)6-8-16(11,12)7-4-3-5-15-7/h3-5,8H,2,6H2,1H3,(H,9,10). The van der Waals surface area contributed by atoms with E-state index in [0.29, 0.717) is 0 Å². The summed E-state index contributed by atoms with van der Waals surface area (Å²) in [6.45, 7) is 1.60. The van der Waals surface area contributed by atoms with E-state index in [2.05, 4.69) is 4.52 Å². The Kier molecular flexibility index (Phi) is 4.66. The smallest absolute Gasteiger partial charge is 0.323 e. The van der Waals surface area contributed by atoms with Gasteiger partial charge in [0.1, 0.15) is 10.5 Å². The van der Waals surface area contributed by atoms with Crippen LogP contribution in [0, 0.1) is 0 Å². The lowest BCUT2D eigenvalue weighted by Crippen LogP contribution is -2.24. The molecular formula is C7H12NO5PS2. The molecule has 0 aromatic carbocycles. The molecule has 0 bridgehead atoms. The van der Waals surface area contributed by atoms with Gasteiger partial charge in [0.25, 0.3) is 10.0 Å². The van der Waals surface area contributed by atoms with E-state index < -0.39 is 23.9 Å². The lowest BCUT2D eigenvalue weighted by molar-refractivity contribution is 0.273. The maximum atomic E-state index is 11.6. The zero-order valence-electron chi connectivity index (χ0n) is 8.49. The van der Waals surface area contributed by atoms with Crippen molar-refractivity contribution in [1.29, 1.82) is 0 Å². The van der Waals surface area contributed by atoms with Gasteiger partial charge in [0.05, 0.1) is 6.61 Å². The Bertz CT molecular complexity index is 469. The monoisotopic (exact) mass is 285 g/mol. The number of hydrogen-bond acceptors (Lipinski definition) is 5. The fourth-order valence-corrected chi connectivity index (χ4v) is 4.43. The highest BCUT2D eigenvalue weighted by atomic mass is 32.2. The highest BCUT2D eigenvalue weighted by Gasteiger charge is 2.23. The lowest BCUT2D eigenvalue weighted by atomic mass is 10.7. The molecule has 1 aromatic heterocycles. The summed E-state index contributed by atoms with van der Waals surface area (Å²) in [5, 5.41) is 1.61. The van der Waals surface area contributed by atoms with Crippen LogP contribution in [0.3, 0.4) is 0 Å². The second kappa shape index (κ2) is 5.39. The average molecular weight is 285 g/mol. The second-order valence-corrected chi connectivity index (χ2v) is 7.58. The quantitative estimate of drug-likeness (QED) is 0.766. The molecule has 1 atom stereocenters. The molecule has 1 rings (SSSR count). The van der Waals surface area contributed by atoms with Crippen LogP contribution in [-0.4, -0.2) is 26.2 Å².